The lowest BCUT2D eigenvalue weighted by Crippen LogP contribution is -2.46. The fourth-order valence-corrected chi connectivity index (χ4v) is 1.68. The van der Waals surface area contributed by atoms with E-state index < -0.39 is 18.0 Å². The maximum atomic E-state index is 11.8. The van der Waals surface area contributed by atoms with Crippen LogP contribution in [-0.4, -0.2) is 34.7 Å². The highest BCUT2D eigenvalue weighted by Gasteiger charge is 2.25. The topological polar surface area (TPSA) is 101 Å². The van der Waals surface area contributed by atoms with Gasteiger partial charge in [-0.25, -0.2) is 14.6 Å². The van der Waals surface area contributed by atoms with Crippen LogP contribution < -0.4 is 15.4 Å². The van der Waals surface area contributed by atoms with Crippen LogP contribution in [0.25, 0.3) is 0 Å². The van der Waals surface area contributed by atoms with E-state index in [0.29, 0.717) is 24.6 Å². The number of aliphatic carboxylic acids is 1. The number of carbonyl (C=O) groups is 2. The van der Waals surface area contributed by atoms with Crippen molar-refractivity contribution in [1.29, 1.82) is 0 Å². The lowest BCUT2D eigenvalue weighted by molar-refractivity contribution is -0.140. The third-order valence-electron chi connectivity index (χ3n) is 3.05. The molecule has 0 aromatic carbocycles. The molecule has 2 amide bonds. The van der Waals surface area contributed by atoms with Gasteiger partial charge in [-0.15, -0.1) is 0 Å². The summed E-state index contributed by atoms with van der Waals surface area (Å²) in [4.78, 5) is 27.0. The van der Waals surface area contributed by atoms with Gasteiger partial charge in [0, 0.05) is 6.07 Å². The van der Waals surface area contributed by atoms with Gasteiger partial charge in [0.2, 0.25) is 5.88 Å². The molecule has 7 heteroatoms. The minimum atomic E-state index is -1.05. The summed E-state index contributed by atoms with van der Waals surface area (Å²) in [6.07, 6.45) is 2.10. The number of nitrogens with one attached hydrogen (secondary N) is 2. The van der Waals surface area contributed by atoms with Crippen LogP contribution in [0.15, 0.2) is 18.3 Å². The summed E-state index contributed by atoms with van der Waals surface area (Å²) in [5.41, 5.74) is 0.462. The largest absolute Gasteiger partial charge is 0.480 e. The maximum Gasteiger partial charge on any atom is 0.326 e. The Kier molecular flexibility index (Phi) is 6.45. The van der Waals surface area contributed by atoms with Gasteiger partial charge in [-0.05, 0) is 18.9 Å². The number of pyridine rings is 1. The van der Waals surface area contributed by atoms with Gasteiger partial charge >= 0.3 is 12.0 Å². The molecule has 1 rings (SSSR count). The van der Waals surface area contributed by atoms with Crippen LogP contribution in [0.4, 0.5) is 10.5 Å². The second-order valence-corrected chi connectivity index (χ2v) is 4.62. The number of hydrogen-bond acceptors (Lipinski definition) is 4. The van der Waals surface area contributed by atoms with E-state index in [9.17, 15) is 9.59 Å². The maximum absolute atomic E-state index is 11.8. The van der Waals surface area contributed by atoms with E-state index >= 15 is 0 Å². The summed E-state index contributed by atoms with van der Waals surface area (Å²) in [7, 11) is 0. The molecule has 21 heavy (non-hydrogen) atoms. The van der Waals surface area contributed by atoms with Gasteiger partial charge in [0.1, 0.15) is 6.04 Å². The second-order valence-electron chi connectivity index (χ2n) is 4.62. The highest BCUT2D eigenvalue weighted by Crippen LogP contribution is 2.12. The number of ether oxygens (including phenoxy) is 1. The smallest absolute Gasteiger partial charge is 0.326 e. The molecule has 7 nitrogen and oxygen atoms in total. The minimum Gasteiger partial charge on any atom is -0.480 e. The molecule has 0 aliphatic heterocycles. The SMILES string of the molecule is CCOc1ccc(NC(=O)N[C@H](C(=O)O)C(C)CC)cn1. The molecule has 3 N–H and O–H groups in total. The molecule has 0 fully saturated rings. The Labute approximate surface area is 123 Å². The molecule has 2 atom stereocenters. The van der Waals surface area contributed by atoms with E-state index in [-0.39, 0.29) is 5.92 Å². The molecule has 0 bridgehead atoms. The normalized spacial score (nSPS) is 13.1. The molecular formula is C14H21N3O4. The van der Waals surface area contributed by atoms with E-state index in [1.165, 1.54) is 6.20 Å². The number of nitrogens with zero attached hydrogens (tertiary/aromatic N) is 1. The van der Waals surface area contributed by atoms with Crippen molar-refractivity contribution >= 4 is 17.7 Å². The summed E-state index contributed by atoms with van der Waals surface area (Å²) >= 11 is 0. The first-order valence-corrected chi connectivity index (χ1v) is 6.87. The van der Waals surface area contributed by atoms with Crippen LogP contribution in [0.1, 0.15) is 27.2 Å². The zero-order valence-electron chi connectivity index (χ0n) is 12.4. The van der Waals surface area contributed by atoms with Gasteiger partial charge < -0.3 is 20.5 Å². The first-order chi connectivity index (χ1) is 9.97. The van der Waals surface area contributed by atoms with Crippen molar-refractivity contribution < 1.29 is 19.4 Å². The predicted molar refractivity (Wildman–Crippen MR) is 78.4 cm³/mol. The Morgan fingerprint density at radius 1 is 1.38 bits per heavy atom. The van der Waals surface area contributed by atoms with Crippen molar-refractivity contribution in [2.45, 2.75) is 33.2 Å². The molecule has 1 unspecified atom stereocenters. The van der Waals surface area contributed by atoms with Crippen LogP contribution >= 0.6 is 0 Å². The summed E-state index contributed by atoms with van der Waals surface area (Å²) in [5, 5.41) is 14.1. The average molecular weight is 295 g/mol. The number of carboxylic acids is 1. The van der Waals surface area contributed by atoms with Gasteiger partial charge in [0.25, 0.3) is 0 Å². The number of urea groups is 1. The summed E-state index contributed by atoms with van der Waals surface area (Å²) in [6, 6.07) is 1.76. The number of carboxylic acid groups (broad SMARTS) is 1. The van der Waals surface area contributed by atoms with E-state index in [1.54, 1.807) is 19.1 Å². The third kappa shape index (κ3) is 5.29. The van der Waals surface area contributed by atoms with Gasteiger partial charge in [0.15, 0.2) is 0 Å². The molecule has 0 saturated heterocycles. The van der Waals surface area contributed by atoms with Gasteiger partial charge in [-0.1, -0.05) is 20.3 Å². The Hall–Kier alpha value is -2.31. The number of hydrogen-bond donors (Lipinski definition) is 3. The zero-order chi connectivity index (χ0) is 15.8. The molecule has 116 valence electrons. The predicted octanol–water partition coefficient (Wildman–Crippen LogP) is 2.10. The Morgan fingerprint density at radius 2 is 2.10 bits per heavy atom. The molecule has 1 aromatic heterocycles. The second kappa shape index (κ2) is 8.08. The summed E-state index contributed by atoms with van der Waals surface area (Å²) in [5.74, 6) is -0.748. The first kappa shape index (κ1) is 16.7. The molecule has 1 heterocycles. The summed E-state index contributed by atoms with van der Waals surface area (Å²) in [6.45, 7) is 6.01. The molecule has 0 aliphatic carbocycles. The monoisotopic (exact) mass is 295 g/mol. The van der Waals surface area contributed by atoms with Crippen LogP contribution in [0.2, 0.25) is 0 Å². The number of aromatic nitrogens is 1. The Balaban J connectivity index is 2.61. The summed E-state index contributed by atoms with van der Waals surface area (Å²) < 4.78 is 5.19. The highest BCUT2D eigenvalue weighted by molar-refractivity contribution is 5.92. The van der Waals surface area contributed by atoms with Crippen molar-refractivity contribution in [2.24, 2.45) is 5.92 Å². The van der Waals surface area contributed by atoms with Crippen LogP contribution in [0.5, 0.6) is 5.88 Å². The molecular weight excluding hydrogens is 274 g/mol. The minimum absolute atomic E-state index is 0.160. The van der Waals surface area contributed by atoms with Crippen molar-refractivity contribution in [2.75, 3.05) is 11.9 Å². The van der Waals surface area contributed by atoms with Crippen molar-refractivity contribution in [3.8, 4) is 5.88 Å². The number of carbonyl (C=O) groups excluding carboxylic acids is 1. The molecule has 1 aromatic rings. The quantitative estimate of drug-likeness (QED) is 0.715. The molecule has 0 radical (unpaired) electrons. The van der Waals surface area contributed by atoms with Crippen molar-refractivity contribution in [1.82, 2.24) is 10.3 Å². The number of rotatable bonds is 7. The molecule has 0 aliphatic rings. The number of anilines is 1. The van der Waals surface area contributed by atoms with Crippen LogP contribution in [0, 0.1) is 5.92 Å². The van der Waals surface area contributed by atoms with E-state index in [1.807, 2.05) is 13.8 Å². The van der Waals surface area contributed by atoms with Crippen LogP contribution in [-0.2, 0) is 4.79 Å². The molecule has 0 spiro atoms. The van der Waals surface area contributed by atoms with Gasteiger partial charge in [-0.2, -0.15) is 0 Å². The zero-order valence-corrected chi connectivity index (χ0v) is 12.4. The lowest BCUT2D eigenvalue weighted by atomic mass is 9.99. The Morgan fingerprint density at radius 3 is 2.57 bits per heavy atom. The Bertz CT molecular complexity index is 476. The average Bonchev–Trinajstić information content (AvgIpc) is 2.46. The highest BCUT2D eigenvalue weighted by atomic mass is 16.5. The fourth-order valence-electron chi connectivity index (χ4n) is 1.68. The lowest BCUT2D eigenvalue weighted by Gasteiger charge is -2.20. The fraction of sp³-hybridized carbons (Fsp3) is 0.500. The van der Waals surface area contributed by atoms with Crippen LogP contribution in [0.3, 0.4) is 0 Å². The van der Waals surface area contributed by atoms with E-state index in [0.717, 1.165) is 0 Å². The third-order valence-corrected chi connectivity index (χ3v) is 3.05. The van der Waals surface area contributed by atoms with Gasteiger partial charge in [0.05, 0.1) is 18.5 Å². The first-order valence-electron chi connectivity index (χ1n) is 6.87. The molecule has 0 saturated carbocycles. The van der Waals surface area contributed by atoms with E-state index in [2.05, 4.69) is 15.6 Å². The van der Waals surface area contributed by atoms with Gasteiger partial charge in [-0.3, -0.25) is 0 Å². The van der Waals surface area contributed by atoms with E-state index in [4.69, 9.17) is 9.84 Å². The number of amides is 2. The van der Waals surface area contributed by atoms with Crippen molar-refractivity contribution in [3.63, 3.8) is 0 Å². The van der Waals surface area contributed by atoms with Crippen molar-refractivity contribution in [3.05, 3.63) is 18.3 Å². The standard InChI is InChI=1S/C14H21N3O4/c1-4-9(3)12(13(18)19)17-14(20)16-10-6-7-11(15-8-10)21-5-2/h6-9,12H,4-5H2,1-3H3,(H,18,19)(H2,16,17,20)/t9?,12-/m0/s1.